The van der Waals surface area contributed by atoms with Gasteiger partial charge in [-0.15, -0.1) is 0 Å². The molecule has 0 amide bonds. The van der Waals surface area contributed by atoms with Gasteiger partial charge in [0.15, 0.2) is 5.41 Å². The zero-order valence-electron chi connectivity index (χ0n) is 13.7. The van der Waals surface area contributed by atoms with Crippen LogP contribution in [0.15, 0.2) is 12.2 Å². The smallest absolute Gasteiger partial charge is 0.323 e. The Kier molecular flexibility index (Phi) is 3.54. The summed E-state index contributed by atoms with van der Waals surface area (Å²) in [7, 11) is 2.52. The maximum atomic E-state index is 12.6. The second kappa shape index (κ2) is 5.08. The highest BCUT2D eigenvalue weighted by Crippen LogP contribution is 2.63. The van der Waals surface area contributed by atoms with Crippen molar-refractivity contribution in [3.8, 4) is 0 Å². The van der Waals surface area contributed by atoms with Crippen molar-refractivity contribution in [2.75, 3.05) is 14.2 Å². The second-order valence-electron chi connectivity index (χ2n) is 7.09. The molecule has 3 aliphatic rings. The third-order valence-electron chi connectivity index (χ3n) is 6.15. The van der Waals surface area contributed by atoms with E-state index in [2.05, 4.69) is 6.58 Å². The summed E-state index contributed by atoms with van der Waals surface area (Å²) in [4.78, 5) is 37.3. The number of hydrogen-bond acceptors (Lipinski definition) is 6. The first kappa shape index (κ1) is 16.0. The molecule has 0 aromatic rings. The van der Waals surface area contributed by atoms with Gasteiger partial charge in [-0.05, 0) is 25.2 Å². The molecule has 0 aromatic heterocycles. The molecule has 0 radical (unpaired) electrons. The van der Waals surface area contributed by atoms with E-state index in [-0.39, 0.29) is 24.7 Å². The Hall–Kier alpha value is -1.85. The van der Waals surface area contributed by atoms with Gasteiger partial charge in [0.05, 0.1) is 14.2 Å². The van der Waals surface area contributed by atoms with Crippen molar-refractivity contribution in [1.82, 2.24) is 0 Å². The molecule has 6 nitrogen and oxygen atoms in total. The van der Waals surface area contributed by atoms with E-state index in [1.54, 1.807) is 0 Å². The number of carbonyl (C=O) groups excluding carboxylic acids is 3. The molecule has 6 heteroatoms. The molecular weight excluding hydrogens is 300 g/mol. The third-order valence-corrected chi connectivity index (χ3v) is 6.15. The molecule has 1 aliphatic heterocycles. The first-order valence-electron chi connectivity index (χ1n) is 7.86. The number of carbonyl (C=O) groups is 3. The molecule has 2 saturated carbocycles. The van der Waals surface area contributed by atoms with Crippen LogP contribution in [-0.2, 0) is 28.6 Å². The van der Waals surface area contributed by atoms with Crippen molar-refractivity contribution in [3.63, 3.8) is 0 Å². The van der Waals surface area contributed by atoms with Gasteiger partial charge < -0.3 is 14.2 Å². The lowest BCUT2D eigenvalue weighted by Gasteiger charge is -2.60. The van der Waals surface area contributed by atoms with E-state index in [9.17, 15) is 14.4 Å². The van der Waals surface area contributed by atoms with E-state index in [0.29, 0.717) is 0 Å². The van der Waals surface area contributed by atoms with E-state index in [0.717, 1.165) is 18.4 Å². The van der Waals surface area contributed by atoms with Gasteiger partial charge in [0.25, 0.3) is 0 Å². The second-order valence-corrected chi connectivity index (χ2v) is 7.09. The highest BCUT2D eigenvalue weighted by atomic mass is 16.6. The van der Waals surface area contributed by atoms with Crippen molar-refractivity contribution in [3.05, 3.63) is 12.2 Å². The lowest BCUT2D eigenvalue weighted by molar-refractivity contribution is -0.219. The predicted octanol–water partition coefficient (Wildman–Crippen LogP) is 1.63. The van der Waals surface area contributed by atoms with Crippen LogP contribution in [0.3, 0.4) is 0 Å². The maximum Gasteiger partial charge on any atom is 0.323 e. The summed E-state index contributed by atoms with van der Waals surface area (Å²) < 4.78 is 15.5. The number of ether oxygens (including phenoxy) is 3. The zero-order chi connectivity index (χ0) is 17.0. The van der Waals surface area contributed by atoms with Crippen molar-refractivity contribution < 1.29 is 28.6 Å². The van der Waals surface area contributed by atoms with E-state index < -0.39 is 34.8 Å². The predicted molar refractivity (Wildman–Crippen MR) is 79.0 cm³/mol. The highest BCUT2D eigenvalue weighted by molar-refractivity contribution is 6.01. The van der Waals surface area contributed by atoms with Gasteiger partial charge in [0, 0.05) is 17.8 Å². The fourth-order valence-corrected chi connectivity index (χ4v) is 4.85. The van der Waals surface area contributed by atoms with Crippen LogP contribution in [0.2, 0.25) is 0 Å². The molecule has 4 bridgehead atoms. The zero-order valence-corrected chi connectivity index (χ0v) is 13.7. The number of hydrogen-bond donors (Lipinski definition) is 0. The maximum absolute atomic E-state index is 12.6. The average Bonchev–Trinajstić information content (AvgIpc) is 2.53. The van der Waals surface area contributed by atoms with Crippen molar-refractivity contribution in [2.45, 2.75) is 38.7 Å². The monoisotopic (exact) mass is 322 g/mol. The minimum absolute atomic E-state index is 0.0828. The molecule has 4 atom stereocenters. The summed E-state index contributed by atoms with van der Waals surface area (Å²) in [6.45, 7) is 6.10. The number of rotatable bonds is 2. The largest absolute Gasteiger partial charge is 0.468 e. The van der Waals surface area contributed by atoms with Crippen LogP contribution >= 0.6 is 0 Å². The van der Waals surface area contributed by atoms with E-state index in [1.165, 1.54) is 14.2 Å². The minimum Gasteiger partial charge on any atom is -0.468 e. The summed E-state index contributed by atoms with van der Waals surface area (Å²) in [6, 6.07) is 0. The Bertz CT molecular complexity index is 578. The van der Waals surface area contributed by atoms with Crippen molar-refractivity contribution >= 4 is 17.9 Å². The Morgan fingerprint density at radius 1 is 1.26 bits per heavy atom. The lowest BCUT2D eigenvalue weighted by Crippen LogP contribution is -2.66. The fourth-order valence-electron chi connectivity index (χ4n) is 4.85. The summed E-state index contributed by atoms with van der Waals surface area (Å²) >= 11 is 0. The number of esters is 3. The van der Waals surface area contributed by atoms with Gasteiger partial charge in [-0.1, -0.05) is 19.1 Å². The molecule has 0 N–H and O–H groups in total. The summed E-state index contributed by atoms with van der Waals surface area (Å²) in [5.74, 6) is -2.05. The molecule has 0 spiro atoms. The molecular formula is C17H22O6. The summed E-state index contributed by atoms with van der Waals surface area (Å²) in [5, 5.41) is 0. The average molecular weight is 322 g/mol. The minimum atomic E-state index is -1.48. The van der Waals surface area contributed by atoms with E-state index in [1.807, 2.05) is 6.92 Å². The molecule has 1 saturated heterocycles. The first-order valence-corrected chi connectivity index (χ1v) is 7.86. The van der Waals surface area contributed by atoms with E-state index in [4.69, 9.17) is 14.2 Å². The third kappa shape index (κ3) is 1.90. The normalized spacial score (nSPS) is 37.6. The van der Waals surface area contributed by atoms with Gasteiger partial charge in [-0.25, -0.2) is 0 Å². The summed E-state index contributed by atoms with van der Waals surface area (Å²) in [6.07, 6.45) is 1.45. The Morgan fingerprint density at radius 3 is 2.43 bits per heavy atom. The molecule has 23 heavy (non-hydrogen) atoms. The van der Waals surface area contributed by atoms with Gasteiger partial charge in [-0.3, -0.25) is 14.4 Å². The fraction of sp³-hybridized carbons (Fsp3) is 0.706. The van der Waals surface area contributed by atoms with Crippen LogP contribution in [0.25, 0.3) is 0 Å². The molecule has 1 heterocycles. The molecule has 3 fully saturated rings. The molecule has 0 aromatic carbocycles. The standard InChI is InChI=1S/C17H22O6/c1-9-8-17(14(19)21-3,15(20)22-4)12-10-5-6-16(9,2)13(12)23-11(18)7-10/h10,12-13H,1,5-8H2,2-4H3. The molecule has 126 valence electrons. The highest BCUT2D eigenvalue weighted by Gasteiger charge is 2.70. The van der Waals surface area contributed by atoms with Crippen LogP contribution in [-0.4, -0.2) is 38.2 Å². The lowest BCUT2D eigenvalue weighted by atomic mass is 9.46. The SMILES string of the molecule is C=C1CC(C(=O)OC)(C(=O)OC)C2C3CCC1(C)C2OC(=O)C3. The number of methoxy groups -OCH3 is 2. The van der Waals surface area contributed by atoms with Crippen molar-refractivity contribution in [1.29, 1.82) is 0 Å². The van der Waals surface area contributed by atoms with Crippen LogP contribution < -0.4 is 0 Å². The Balaban J connectivity index is 2.19. The van der Waals surface area contributed by atoms with Crippen LogP contribution in [0, 0.1) is 22.7 Å². The molecule has 4 unspecified atom stereocenters. The van der Waals surface area contributed by atoms with Crippen molar-refractivity contribution in [2.24, 2.45) is 22.7 Å². The van der Waals surface area contributed by atoms with E-state index >= 15 is 0 Å². The molecule has 3 rings (SSSR count). The molecule has 2 aliphatic carbocycles. The Labute approximate surface area is 135 Å². The van der Waals surface area contributed by atoms with Crippen LogP contribution in [0.5, 0.6) is 0 Å². The summed E-state index contributed by atoms with van der Waals surface area (Å²) in [5.41, 5.74) is -1.15. The first-order chi connectivity index (χ1) is 10.8. The Morgan fingerprint density at radius 2 is 1.87 bits per heavy atom. The van der Waals surface area contributed by atoms with Gasteiger partial charge >= 0.3 is 17.9 Å². The van der Waals surface area contributed by atoms with Crippen LogP contribution in [0.4, 0.5) is 0 Å². The van der Waals surface area contributed by atoms with Crippen LogP contribution in [0.1, 0.15) is 32.6 Å². The van der Waals surface area contributed by atoms with Gasteiger partial charge in [0.2, 0.25) is 0 Å². The van der Waals surface area contributed by atoms with Gasteiger partial charge in [-0.2, -0.15) is 0 Å². The quantitative estimate of drug-likeness (QED) is 0.333. The van der Waals surface area contributed by atoms with Gasteiger partial charge in [0.1, 0.15) is 6.10 Å². The topological polar surface area (TPSA) is 78.9 Å².